The molecule has 1 atom stereocenters. The number of para-hydroxylation sites is 2. The van der Waals surface area contributed by atoms with Crippen LogP contribution >= 0.6 is 0 Å². The lowest BCUT2D eigenvalue weighted by Gasteiger charge is -2.36. The number of nitrogens with zero attached hydrogens (tertiary/aromatic N) is 2. The summed E-state index contributed by atoms with van der Waals surface area (Å²) in [6.07, 6.45) is 0. The lowest BCUT2D eigenvalue weighted by atomic mass is 10.1. The van der Waals surface area contributed by atoms with Crippen molar-refractivity contribution in [3.8, 4) is 5.75 Å². The molecule has 24 heavy (non-hydrogen) atoms. The van der Waals surface area contributed by atoms with Crippen LogP contribution in [-0.4, -0.2) is 42.2 Å². The molecule has 2 amide bonds. The summed E-state index contributed by atoms with van der Waals surface area (Å²) in [5.41, 5.74) is 1.92. The monoisotopic (exact) mass is 325 g/mol. The molecule has 0 saturated carbocycles. The first kappa shape index (κ1) is 16.2. The van der Waals surface area contributed by atoms with Gasteiger partial charge in [-0.15, -0.1) is 0 Å². The summed E-state index contributed by atoms with van der Waals surface area (Å²) < 4.78 is 0. The van der Waals surface area contributed by atoms with Crippen molar-refractivity contribution in [1.29, 1.82) is 0 Å². The van der Waals surface area contributed by atoms with Gasteiger partial charge in [-0.3, -0.25) is 0 Å². The number of rotatable bonds is 3. The Kier molecular flexibility index (Phi) is 4.89. The average Bonchev–Trinajstić information content (AvgIpc) is 2.63. The summed E-state index contributed by atoms with van der Waals surface area (Å²) in [6.45, 7) is 4.70. The number of urea groups is 1. The Hall–Kier alpha value is -2.69. The van der Waals surface area contributed by atoms with Gasteiger partial charge >= 0.3 is 6.03 Å². The Balaban J connectivity index is 1.55. The van der Waals surface area contributed by atoms with Crippen LogP contribution in [0.15, 0.2) is 54.6 Å². The predicted molar refractivity (Wildman–Crippen MR) is 95.3 cm³/mol. The van der Waals surface area contributed by atoms with E-state index in [0.717, 1.165) is 11.3 Å². The first-order valence-corrected chi connectivity index (χ1v) is 8.28. The maximum absolute atomic E-state index is 12.4. The first-order valence-electron chi connectivity index (χ1n) is 8.28. The molecule has 1 fully saturated rings. The van der Waals surface area contributed by atoms with Gasteiger partial charge in [0.15, 0.2) is 0 Å². The van der Waals surface area contributed by atoms with Crippen LogP contribution in [0.4, 0.5) is 10.5 Å². The van der Waals surface area contributed by atoms with E-state index in [2.05, 4.69) is 10.2 Å². The fourth-order valence-corrected chi connectivity index (χ4v) is 2.98. The van der Waals surface area contributed by atoms with Crippen LogP contribution in [0.1, 0.15) is 18.5 Å². The molecule has 126 valence electrons. The van der Waals surface area contributed by atoms with Gasteiger partial charge in [0.05, 0.1) is 11.7 Å². The number of nitrogens with one attached hydrogen (secondary N) is 1. The molecule has 1 heterocycles. The number of carbonyl (C=O) groups is 1. The van der Waals surface area contributed by atoms with Crippen LogP contribution < -0.4 is 10.2 Å². The number of phenols is 1. The van der Waals surface area contributed by atoms with Crippen molar-refractivity contribution < 1.29 is 9.90 Å². The third-order valence-corrected chi connectivity index (χ3v) is 4.43. The average molecular weight is 325 g/mol. The van der Waals surface area contributed by atoms with E-state index in [-0.39, 0.29) is 17.8 Å². The second-order valence-corrected chi connectivity index (χ2v) is 6.04. The van der Waals surface area contributed by atoms with Crippen molar-refractivity contribution in [2.45, 2.75) is 13.0 Å². The fraction of sp³-hybridized carbons (Fsp3) is 0.316. The molecular weight excluding hydrogens is 302 g/mol. The predicted octanol–water partition coefficient (Wildman–Crippen LogP) is 2.99. The van der Waals surface area contributed by atoms with Gasteiger partial charge in [0, 0.05) is 26.2 Å². The number of amides is 2. The minimum atomic E-state index is -0.0386. The minimum Gasteiger partial charge on any atom is -0.506 e. The highest BCUT2D eigenvalue weighted by Gasteiger charge is 2.23. The zero-order valence-electron chi connectivity index (χ0n) is 13.9. The van der Waals surface area contributed by atoms with Gasteiger partial charge in [0.1, 0.15) is 5.75 Å². The van der Waals surface area contributed by atoms with E-state index in [0.29, 0.717) is 26.2 Å². The molecule has 1 unspecified atom stereocenters. The van der Waals surface area contributed by atoms with Gasteiger partial charge in [-0.1, -0.05) is 42.5 Å². The van der Waals surface area contributed by atoms with Crippen LogP contribution in [0.25, 0.3) is 0 Å². The molecular formula is C19H23N3O2. The normalized spacial score (nSPS) is 15.9. The van der Waals surface area contributed by atoms with Crippen LogP contribution in [0.5, 0.6) is 5.75 Å². The Morgan fingerprint density at radius 2 is 1.62 bits per heavy atom. The first-order chi connectivity index (χ1) is 11.6. The summed E-state index contributed by atoms with van der Waals surface area (Å²) in [6, 6.07) is 17.2. The molecule has 1 saturated heterocycles. The van der Waals surface area contributed by atoms with Crippen LogP contribution in [0.3, 0.4) is 0 Å². The smallest absolute Gasteiger partial charge is 0.317 e. The Labute approximate surface area is 142 Å². The Morgan fingerprint density at radius 3 is 2.29 bits per heavy atom. The van der Waals surface area contributed by atoms with E-state index in [1.807, 2.05) is 60.4 Å². The topological polar surface area (TPSA) is 55.8 Å². The van der Waals surface area contributed by atoms with E-state index in [9.17, 15) is 9.90 Å². The molecule has 1 aliphatic rings. The quantitative estimate of drug-likeness (QED) is 0.912. The van der Waals surface area contributed by atoms with Crippen LogP contribution in [0.2, 0.25) is 0 Å². The number of carbonyl (C=O) groups excluding carboxylic acids is 1. The molecule has 0 aliphatic carbocycles. The fourth-order valence-electron chi connectivity index (χ4n) is 2.98. The van der Waals surface area contributed by atoms with E-state index in [1.54, 1.807) is 6.07 Å². The maximum Gasteiger partial charge on any atom is 0.317 e. The maximum atomic E-state index is 12.4. The third kappa shape index (κ3) is 3.62. The Morgan fingerprint density at radius 1 is 1.00 bits per heavy atom. The lowest BCUT2D eigenvalue weighted by Crippen LogP contribution is -2.52. The molecule has 2 aromatic rings. The number of aromatic hydroxyl groups is 1. The molecule has 0 aromatic heterocycles. The second-order valence-electron chi connectivity index (χ2n) is 6.04. The molecule has 2 aromatic carbocycles. The van der Waals surface area contributed by atoms with E-state index >= 15 is 0 Å². The highest BCUT2D eigenvalue weighted by atomic mass is 16.3. The highest BCUT2D eigenvalue weighted by Crippen LogP contribution is 2.27. The van der Waals surface area contributed by atoms with Crippen molar-refractivity contribution in [2.75, 3.05) is 31.1 Å². The SMILES string of the molecule is CC(NC(=O)N1CCN(c2ccccc2O)CC1)c1ccccc1. The second kappa shape index (κ2) is 7.25. The highest BCUT2D eigenvalue weighted by molar-refractivity contribution is 5.75. The standard InChI is InChI=1S/C19H23N3O2/c1-15(16-7-3-2-4-8-16)20-19(24)22-13-11-21(12-14-22)17-9-5-6-10-18(17)23/h2-10,15,23H,11-14H2,1H3,(H,20,24). The van der Waals surface area contributed by atoms with Gasteiger partial charge in [-0.2, -0.15) is 0 Å². The zero-order valence-corrected chi connectivity index (χ0v) is 13.9. The van der Waals surface area contributed by atoms with Crippen LogP contribution in [0, 0.1) is 0 Å². The minimum absolute atomic E-state index is 0.0186. The molecule has 0 radical (unpaired) electrons. The Bertz CT molecular complexity index is 682. The van der Waals surface area contributed by atoms with Crippen molar-refractivity contribution in [1.82, 2.24) is 10.2 Å². The molecule has 5 heteroatoms. The van der Waals surface area contributed by atoms with Crippen molar-refractivity contribution in [3.05, 3.63) is 60.2 Å². The van der Waals surface area contributed by atoms with Crippen molar-refractivity contribution in [3.63, 3.8) is 0 Å². The number of piperazine rings is 1. The van der Waals surface area contributed by atoms with Gasteiger partial charge < -0.3 is 20.2 Å². The molecule has 2 N–H and O–H groups in total. The molecule has 0 spiro atoms. The summed E-state index contributed by atoms with van der Waals surface area (Å²) in [5.74, 6) is 0.285. The van der Waals surface area contributed by atoms with Gasteiger partial charge in [0.2, 0.25) is 0 Å². The zero-order chi connectivity index (χ0) is 16.9. The van der Waals surface area contributed by atoms with Crippen LogP contribution in [-0.2, 0) is 0 Å². The number of phenolic OH excluding ortho intramolecular Hbond substituents is 1. The third-order valence-electron chi connectivity index (χ3n) is 4.43. The molecule has 0 bridgehead atoms. The summed E-state index contributed by atoms with van der Waals surface area (Å²) in [4.78, 5) is 16.4. The largest absolute Gasteiger partial charge is 0.506 e. The van der Waals surface area contributed by atoms with Gasteiger partial charge in [-0.05, 0) is 24.6 Å². The van der Waals surface area contributed by atoms with Crippen molar-refractivity contribution in [2.24, 2.45) is 0 Å². The van der Waals surface area contributed by atoms with E-state index in [1.165, 1.54) is 0 Å². The number of hydrogen-bond donors (Lipinski definition) is 2. The summed E-state index contributed by atoms with van der Waals surface area (Å²) in [5, 5.41) is 13.0. The van der Waals surface area contributed by atoms with E-state index < -0.39 is 0 Å². The summed E-state index contributed by atoms with van der Waals surface area (Å²) in [7, 11) is 0. The van der Waals surface area contributed by atoms with Gasteiger partial charge in [0.25, 0.3) is 0 Å². The lowest BCUT2D eigenvalue weighted by molar-refractivity contribution is 0.191. The van der Waals surface area contributed by atoms with Gasteiger partial charge in [-0.25, -0.2) is 4.79 Å². The number of hydrogen-bond acceptors (Lipinski definition) is 3. The number of benzene rings is 2. The molecule has 5 nitrogen and oxygen atoms in total. The molecule has 1 aliphatic heterocycles. The number of anilines is 1. The summed E-state index contributed by atoms with van der Waals surface area (Å²) >= 11 is 0. The van der Waals surface area contributed by atoms with E-state index in [4.69, 9.17) is 0 Å². The molecule has 3 rings (SSSR count). The van der Waals surface area contributed by atoms with Crippen molar-refractivity contribution >= 4 is 11.7 Å².